The van der Waals surface area contributed by atoms with Crippen molar-refractivity contribution in [1.29, 1.82) is 0 Å². The molecule has 6 heteroatoms. The minimum atomic E-state index is -0.181. The van der Waals surface area contributed by atoms with Crippen molar-refractivity contribution in [2.45, 2.75) is 45.4 Å². The quantitative estimate of drug-likeness (QED) is 0.818. The van der Waals surface area contributed by atoms with Gasteiger partial charge in [-0.15, -0.1) is 0 Å². The van der Waals surface area contributed by atoms with Gasteiger partial charge < -0.3 is 19.9 Å². The van der Waals surface area contributed by atoms with Crippen LogP contribution in [0.15, 0.2) is 4.52 Å². The Kier molecular flexibility index (Phi) is 4.68. The summed E-state index contributed by atoms with van der Waals surface area (Å²) in [6, 6.07) is -0.181. The Hall–Kier alpha value is -0.980. The Labute approximate surface area is 107 Å². The highest BCUT2D eigenvalue weighted by Crippen LogP contribution is 2.13. The molecule has 1 aromatic heterocycles. The molecule has 1 aliphatic rings. The van der Waals surface area contributed by atoms with Crippen LogP contribution in [0.1, 0.15) is 44.4 Å². The first kappa shape index (κ1) is 13.5. The third-order valence-corrected chi connectivity index (χ3v) is 3.01. The zero-order chi connectivity index (χ0) is 13.0. The average Bonchev–Trinajstić information content (AvgIpc) is 2.96. The number of aromatic nitrogens is 2. The molecule has 1 saturated heterocycles. The minimum Gasteiger partial charge on any atom is -0.369 e. The molecule has 1 aromatic rings. The molecule has 1 unspecified atom stereocenters. The molecule has 18 heavy (non-hydrogen) atoms. The van der Waals surface area contributed by atoms with Crippen molar-refractivity contribution < 1.29 is 9.26 Å². The average molecular weight is 254 g/mol. The third-order valence-electron chi connectivity index (χ3n) is 3.01. The van der Waals surface area contributed by atoms with Crippen LogP contribution < -0.4 is 5.73 Å². The maximum atomic E-state index is 6.08. The normalized spacial score (nSPS) is 18.7. The minimum absolute atomic E-state index is 0.152. The Morgan fingerprint density at radius 1 is 1.39 bits per heavy atom. The second-order valence-electron chi connectivity index (χ2n) is 5.02. The topological polar surface area (TPSA) is 77.4 Å². The molecule has 2 heterocycles. The summed E-state index contributed by atoms with van der Waals surface area (Å²) in [5.41, 5.74) is 6.08. The summed E-state index contributed by atoms with van der Waals surface area (Å²) in [5.74, 6) is 1.07. The fourth-order valence-corrected chi connectivity index (χ4v) is 2.04. The summed E-state index contributed by atoms with van der Waals surface area (Å²) < 4.78 is 10.5. The van der Waals surface area contributed by atoms with Crippen LogP contribution in [0.3, 0.4) is 0 Å². The third kappa shape index (κ3) is 3.76. The molecule has 0 amide bonds. The highest BCUT2D eigenvalue weighted by atomic mass is 16.5. The van der Waals surface area contributed by atoms with E-state index < -0.39 is 0 Å². The first-order chi connectivity index (χ1) is 8.65. The number of hydrogen-bond donors (Lipinski definition) is 1. The molecule has 2 N–H and O–H groups in total. The van der Waals surface area contributed by atoms with Crippen molar-refractivity contribution >= 4 is 0 Å². The van der Waals surface area contributed by atoms with Crippen LogP contribution in [0.4, 0.5) is 0 Å². The summed E-state index contributed by atoms with van der Waals surface area (Å²) >= 11 is 0. The highest BCUT2D eigenvalue weighted by molar-refractivity contribution is 4.94. The molecule has 102 valence electrons. The van der Waals surface area contributed by atoms with E-state index in [0.29, 0.717) is 18.3 Å². The summed E-state index contributed by atoms with van der Waals surface area (Å²) in [6.07, 6.45) is 2.66. The summed E-state index contributed by atoms with van der Waals surface area (Å²) in [7, 11) is 0. The van der Waals surface area contributed by atoms with E-state index in [-0.39, 0.29) is 12.1 Å². The standard InChI is InChI=1S/C12H22N4O2/c1-9(2)17-8-11-14-12(15-18-11)10(13)7-16-5-3-4-6-16/h9-10H,3-8,13H2,1-2H3. The maximum absolute atomic E-state index is 6.08. The van der Waals surface area contributed by atoms with Gasteiger partial charge in [0.25, 0.3) is 5.89 Å². The molecule has 0 spiro atoms. The SMILES string of the molecule is CC(C)OCc1nc(C(N)CN2CCCC2)no1. The lowest BCUT2D eigenvalue weighted by molar-refractivity contribution is 0.0485. The van der Waals surface area contributed by atoms with E-state index in [1.165, 1.54) is 12.8 Å². The van der Waals surface area contributed by atoms with Crippen molar-refractivity contribution in [3.63, 3.8) is 0 Å². The van der Waals surface area contributed by atoms with Gasteiger partial charge in [-0.25, -0.2) is 0 Å². The van der Waals surface area contributed by atoms with E-state index in [9.17, 15) is 0 Å². The van der Waals surface area contributed by atoms with Crippen LogP contribution in [-0.4, -0.2) is 40.8 Å². The van der Waals surface area contributed by atoms with Crippen molar-refractivity contribution in [2.24, 2.45) is 5.73 Å². The fourth-order valence-electron chi connectivity index (χ4n) is 2.04. The van der Waals surface area contributed by atoms with Crippen LogP contribution in [0.2, 0.25) is 0 Å². The van der Waals surface area contributed by atoms with Gasteiger partial charge in [-0.1, -0.05) is 5.16 Å². The molecule has 6 nitrogen and oxygen atoms in total. The van der Waals surface area contributed by atoms with Gasteiger partial charge in [0, 0.05) is 6.54 Å². The monoisotopic (exact) mass is 254 g/mol. The smallest absolute Gasteiger partial charge is 0.252 e. The molecular weight excluding hydrogens is 232 g/mol. The van der Waals surface area contributed by atoms with E-state index >= 15 is 0 Å². The Morgan fingerprint density at radius 3 is 2.78 bits per heavy atom. The lowest BCUT2D eigenvalue weighted by Crippen LogP contribution is -2.30. The number of rotatable bonds is 6. The first-order valence-corrected chi connectivity index (χ1v) is 6.57. The number of ether oxygens (including phenoxy) is 1. The highest BCUT2D eigenvalue weighted by Gasteiger charge is 2.20. The van der Waals surface area contributed by atoms with Crippen molar-refractivity contribution in [3.05, 3.63) is 11.7 Å². The van der Waals surface area contributed by atoms with Gasteiger partial charge in [-0.2, -0.15) is 4.98 Å². The summed E-state index contributed by atoms with van der Waals surface area (Å²) in [5, 5.41) is 3.92. The second-order valence-corrected chi connectivity index (χ2v) is 5.02. The number of likely N-dealkylation sites (tertiary alicyclic amines) is 1. The van der Waals surface area contributed by atoms with E-state index in [0.717, 1.165) is 19.6 Å². The Balaban J connectivity index is 1.84. The van der Waals surface area contributed by atoms with Gasteiger partial charge in [-0.3, -0.25) is 0 Å². The zero-order valence-corrected chi connectivity index (χ0v) is 11.1. The van der Waals surface area contributed by atoms with Gasteiger partial charge >= 0.3 is 0 Å². The van der Waals surface area contributed by atoms with E-state index in [1.54, 1.807) is 0 Å². The molecule has 0 aromatic carbocycles. The van der Waals surface area contributed by atoms with Crippen molar-refractivity contribution in [3.8, 4) is 0 Å². The first-order valence-electron chi connectivity index (χ1n) is 6.57. The Bertz CT molecular complexity index is 361. The Morgan fingerprint density at radius 2 is 2.11 bits per heavy atom. The summed E-state index contributed by atoms with van der Waals surface area (Å²) in [6.45, 7) is 7.32. The lowest BCUT2D eigenvalue weighted by Gasteiger charge is -2.17. The zero-order valence-electron chi connectivity index (χ0n) is 11.1. The van der Waals surface area contributed by atoms with Crippen LogP contribution in [0, 0.1) is 0 Å². The number of nitrogens with two attached hydrogens (primary N) is 1. The van der Waals surface area contributed by atoms with Gasteiger partial charge in [-0.05, 0) is 39.8 Å². The molecule has 1 fully saturated rings. The summed E-state index contributed by atoms with van der Waals surface area (Å²) in [4.78, 5) is 6.61. The van der Waals surface area contributed by atoms with Crippen LogP contribution >= 0.6 is 0 Å². The fraction of sp³-hybridized carbons (Fsp3) is 0.833. The van der Waals surface area contributed by atoms with Gasteiger partial charge in [0.1, 0.15) is 6.61 Å². The molecule has 1 atom stereocenters. The van der Waals surface area contributed by atoms with Crippen LogP contribution in [0.5, 0.6) is 0 Å². The van der Waals surface area contributed by atoms with Gasteiger partial charge in [0.15, 0.2) is 5.82 Å². The van der Waals surface area contributed by atoms with Gasteiger partial charge in [0.2, 0.25) is 0 Å². The van der Waals surface area contributed by atoms with E-state index in [4.69, 9.17) is 15.0 Å². The van der Waals surface area contributed by atoms with Gasteiger partial charge in [0.05, 0.1) is 12.1 Å². The second kappa shape index (κ2) is 6.26. The molecular formula is C12H22N4O2. The predicted molar refractivity (Wildman–Crippen MR) is 66.8 cm³/mol. The predicted octanol–water partition coefficient (Wildman–Crippen LogP) is 1.09. The largest absolute Gasteiger partial charge is 0.369 e. The number of nitrogens with zero attached hydrogens (tertiary/aromatic N) is 3. The number of hydrogen-bond acceptors (Lipinski definition) is 6. The lowest BCUT2D eigenvalue weighted by atomic mass is 10.3. The van der Waals surface area contributed by atoms with Crippen molar-refractivity contribution in [1.82, 2.24) is 15.0 Å². The van der Waals surface area contributed by atoms with Crippen LogP contribution in [0.25, 0.3) is 0 Å². The molecule has 0 bridgehead atoms. The molecule has 0 radical (unpaired) electrons. The molecule has 0 saturated carbocycles. The molecule has 1 aliphatic heterocycles. The maximum Gasteiger partial charge on any atom is 0.252 e. The molecule has 2 rings (SSSR count). The van der Waals surface area contributed by atoms with E-state index in [1.807, 2.05) is 13.8 Å². The van der Waals surface area contributed by atoms with E-state index in [2.05, 4.69) is 15.0 Å². The van der Waals surface area contributed by atoms with Crippen molar-refractivity contribution in [2.75, 3.05) is 19.6 Å². The molecule has 0 aliphatic carbocycles. The van der Waals surface area contributed by atoms with Crippen LogP contribution in [-0.2, 0) is 11.3 Å².